The first-order chi connectivity index (χ1) is 15.6. The lowest BCUT2D eigenvalue weighted by molar-refractivity contribution is 0.1000. The maximum Gasteiger partial charge on any atom is 0.251 e. The third-order valence-corrected chi connectivity index (χ3v) is 6.53. The summed E-state index contributed by atoms with van der Waals surface area (Å²) in [7, 11) is 0. The van der Waals surface area contributed by atoms with E-state index in [0.29, 0.717) is 18.8 Å². The Kier molecular flexibility index (Phi) is 9.07. The van der Waals surface area contributed by atoms with Gasteiger partial charge in [-0.2, -0.15) is 0 Å². The number of fused-ring (bicyclic) bond motifs is 1. The van der Waals surface area contributed by atoms with Gasteiger partial charge in [0.05, 0.1) is 5.56 Å². The highest BCUT2D eigenvalue weighted by Crippen LogP contribution is 2.39. The van der Waals surface area contributed by atoms with Crippen LogP contribution in [0.4, 0.5) is 0 Å². The van der Waals surface area contributed by atoms with E-state index < -0.39 is 0 Å². The summed E-state index contributed by atoms with van der Waals surface area (Å²) in [5.74, 6) is 1.12. The number of ether oxygens (including phenoxy) is 2. The van der Waals surface area contributed by atoms with Gasteiger partial charge in [0.25, 0.3) is 5.91 Å². The molecule has 5 nitrogen and oxygen atoms in total. The van der Waals surface area contributed by atoms with Gasteiger partial charge in [-0.3, -0.25) is 4.79 Å². The van der Waals surface area contributed by atoms with Crippen LogP contribution in [0.2, 0.25) is 0 Å². The van der Waals surface area contributed by atoms with Gasteiger partial charge in [0.15, 0.2) is 11.5 Å². The molecular weight excluding hydrogens is 400 g/mol. The molecule has 0 spiro atoms. The van der Waals surface area contributed by atoms with E-state index in [9.17, 15) is 4.79 Å². The van der Waals surface area contributed by atoms with E-state index in [0.717, 1.165) is 47.7 Å². The van der Waals surface area contributed by atoms with Crippen LogP contribution in [0.5, 0.6) is 11.5 Å². The molecule has 0 fully saturated rings. The van der Waals surface area contributed by atoms with Crippen molar-refractivity contribution in [3.8, 4) is 22.6 Å². The van der Waals surface area contributed by atoms with E-state index in [4.69, 9.17) is 15.2 Å². The molecule has 1 aliphatic heterocycles. The Balaban J connectivity index is 1.73. The first-order valence-corrected chi connectivity index (χ1v) is 12.5. The van der Waals surface area contributed by atoms with Gasteiger partial charge in [-0.05, 0) is 37.5 Å². The highest BCUT2D eigenvalue weighted by molar-refractivity contribution is 6.02. The zero-order valence-corrected chi connectivity index (χ0v) is 20.2. The Morgan fingerprint density at radius 2 is 1.56 bits per heavy atom. The number of primary amides is 1. The number of unbranched alkanes of at least 4 members (excludes halogenated alkanes) is 8. The van der Waals surface area contributed by atoms with Gasteiger partial charge >= 0.3 is 0 Å². The normalized spacial score (nSPS) is 12.8. The molecule has 0 aliphatic carbocycles. The SMILES string of the molecule is CCCCCCCCCCCn1c(C)c(C(N)=O)c(-c2ccc3c(c2)OCCO3)c1CC. The van der Waals surface area contributed by atoms with Gasteiger partial charge in [-0.25, -0.2) is 0 Å². The van der Waals surface area contributed by atoms with Crippen LogP contribution in [-0.2, 0) is 13.0 Å². The summed E-state index contributed by atoms with van der Waals surface area (Å²) in [5.41, 5.74) is 10.6. The summed E-state index contributed by atoms with van der Waals surface area (Å²) in [6, 6.07) is 5.93. The molecule has 0 saturated carbocycles. The third kappa shape index (κ3) is 5.67. The molecule has 5 heteroatoms. The molecule has 1 aliphatic rings. The molecule has 176 valence electrons. The van der Waals surface area contributed by atoms with Crippen LogP contribution in [0.3, 0.4) is 0 Å². The van der Waals surface area contributed by atoms with E-state index in [2.05, 4.69) is 18.4 Å². The quantitative estimate of drug-likeness (QED) is 0.365. The fourth-order valence-corrected chi connectivity index (χ4v) is 4.86. The van der Waals surface area contributed by atoms with Gasteiger partial charge in [0.2, 0.25) is 0 Å². The molecule has 1 aromatic heterocycles. The van der Waals surface area contributed by atoms with Crippen molar-refractivity contribution >= 4 is 5.91 Å². The largest absolute Gasteiger partial charge is 0.486 e. The highest BCUT2D eigenvalue weighted by atomic mass is 16.6. The molecule has 32 heavy (non-hydrogen) atoms. The predicted octanol–water partition coefficient (Wildman–Crippen LogP) is 6.43. The number of carbonyl (C=O) groups is 1. The number of rotatable bonds is 13. The fourth-order valence-electron chi connectivity index (χ4n) is 4.86. The summed E-state index contributed by atoms with van der Waals surface area (Å²) < 4.78 is 13.8. The molecule has 2 N–H and O–H groups in total. The number of carbonyl (C=O) groups excluding carboxylic acids is 1. The molecule has 0 saturated heterocycles. The Hall–Kier alpha value is -2.43. The number of hydrogen-bond acceptors (Lipinski definition) is 3. The Bertz CT molecular complexity index is 901. The van der Waals surface area contributed by atoms with Gasteiger partial charge in [0, 0.05) is 23.5 Å². The van der Waals surface area contributed by atoms with Crippen molar-refractivity contribution in [1.82, 2.24) is 4.57 Å². The number of nitrogens with two attached hydrogens (primary N) is 1. The molecule has 0 atom stereocenters. The molecule has 0 unspecified atom stereocenters. The van der Waals surface area contributed by atoms with Crippen LogP contribution in [0.1, 0.15) is 93.4 Å². The molecule has 2 aromatic rings. The summed E-state index contributed by atoms with van der Waals surface area (Å²) in [6.07, 6.45) is 12.5. The monoisotopic (exact) mass is 440 g/mol. The topological polar surface area (TPSA) is 66.5 Å². The Labute approximate surface area is 193 Å². The van der Waals surface area contributed by atoms with Gasteiger partial charge in [0.1, 0.15) is 13.2 Å². The van der Waals surface area contributed by atoms with E-state index >= 15 is 0 Å². The average Bonchev–Trinajstić information content (AvgIpc) is 3.09. The molecule has 1 amide bonds. The first kappa shape index (κ1) is 24.2. The summed E-state index contributed by atoms with van der Waals surface area (Å²) in [6.45, 7) is 8.46. The molecular formula is C27H40N2O3. The minimum atomic E-state index is -0.368. The summed E-state index contributed by atoms with van der Waals surface area (Å²) in [5, 5.41) is 0. The predicted molar refractivity (Wildman–Crippen MR) is 131 cm³/mol. The minimum absolute atomic E-state index is 0.368. The lowest BCUT2D eigenvalue weighted by Gasteiger charge is -2.19. The van der Waals surface area contributed by atoms with Gasteiger partial charge in [-0.1, -0.05) is 71.3 Å². The van der Waals surface area contributed by atoms with Crippen LogP contribution in [0.25, 0.3) is 11.1 Å². The zero-order chi connectivity index (χ0) is 22.9. The second-order valence-electron chi connectivity index (χ2n) is 8.84. The first-order valence-electron chi connectivity index (χ1n) is 12.5. The van der Waals surface area contributed by atoms with E-state index in [-0.39, 0.29) is 5.91 Å². The van der Waals surface area contributed by atoms with E-state index in [1.165, 1.54) is 57.1 Å². The maximum atomic E-state index is 12.5. The molecule has 2 heterocycles. The smallest absolute Gasteiger partial charge is 0.251 e. The fraction of sp³-hybridized carbons (Fsp3) is 0.593. The highest BCUT2D eigenvalue weighted by Gasteiger charge is 2.25. The molecule has 0 radical (unpaired) electrons. The summed E-state index contributed by atoms with van der Waals surface area (Å²) in [4.78, 5) is 12.5. The van der Waals surface area contributed by atoms with Crippen molar-refractivity contribution in [2.45, 2.75) is 91.5 Å². The Morgan fingerprint density at radius 3 is 2.19 bits per heavy atom. The number of hydrogen-bond donors (Lipinski definition) is 1. The van der Waals surface area contributed by atoms with Gasteiger partial charge in [-0.15, -0.1) is 0 Å². The van der Waals surface area contributed by atoms with Crippen molar-refractivity contribution < 1.29 is 14.3 Å². The van der Waals surface area contributed by atoms with Crippen LogP contribution < -0.4 is 15.2 Å². The van der Waals surface area contributed by atoms with Crippen LogP contribution in [0.15, 0.2) is 18.2 Å². The van der Waals surface area contributed by atoms with E-state index in [1.807, 2.05) is 25.1 Å². The van der Waals surface area contributed by atoms with Crippen molar-refractivity contribution in [3.63, 3.8) is 0 Å². The van der Waals surface area contributed by atoms with Crippen molar-refractivity contribution in [1.29, 1.82) is 0 Å². The standard InChI is InChI=1S/C27H40N2O3/c1-4-6-7-8-9-10-11-12-13-16-29-20(3)25(27(28)30)26(22(29)5-2)21-14-15-23-24(19-21)32-18-17-31-23/h14-15,19H,4-13,16-18H2,1-3H3,(H2,28,30). The van der Waals surface area contributed by atoms with Gasteiger partial charge < -0.3 is 19.8 Å². The number of benzene rings is 1. The number of amides is 1. The summed E-state index contributed by atoms with van der Waals surface area (Å²) >= 11 is 0. The van der Waals surface area contributed by atoms with Crippen molar-refractivity contribution in [2.75, 3.05) is 13.2 Å². The van der Waals surface area contributed by atoms with E-state index in [1.54, 1.807) is 0 Å². The third-order valence-electron chi connectivity index (χ3n) is 6.53. The number of nitrogens with zero attached hydrogens (tertiary/aromatic N) is 1. The molecule has 3 rings (SSSR count). The molecule has 1 aromatic carbocycles. The lowest BCUT2D eigenvalue weighted by Crippen LogP contribution is -2.15. The van der Waals surface area contributed by atoms with Crippen LogP contribution in [-0.4, -0.2) is 23.7 Å². The molecule has 0 bridgehead atoms. The van der Waals surface area contributed by atoms with Crippen molar-refractivity contribution in [3.05, 3.63) is 35.2 Å². The maximum absolute atomic E-state index is 12.5. The zero-order valence-electron chi connectivity index (χ0n) is 20.2. The average molecular weight is 441 g/mol. The second kappa shape index (κ2) is 12.0. The Morgan fingerprint density at radius 1 is 0.938 bits per heavy atom. The lowest BCUT2D eigenvalue weighted by atomic mass is 9.98. The van der Waals surface area contributed by atoms with Crippen LogP contribution >= 0.6 is 0 Å². The minimum Gasteiger partial charge on any atom is -0.486 e. The van der Waals surface area contributed by atoms with Crippen LogP contribution in [0, 0.1) is 6.92 Å². The second-order valence-corrected chi connectivity index (χ2v) is 8.84. The number of aromatic nitrogens is 1. The van der Waals surface area contributed by atoms with Crippen molar-refractivity contribution in [2.24, 2.45) is 5.73 Å².